The summed E-state index contributed by atoms with van der Waals surface area (Å²) < 4.78 is 5.13. The number of carbonyl (C=O) groups is 2. The maximum Gasteiger partial charge on any atom is 0.293 e. The summed E-state index contributed by atoms with van der Waals surface area (Å²) in [5, 5.41) is -0.197. The Morgan fingerprint density at radius 1 is 1.12 bits per heavy atom. The highest BCUT2D eigenvalue weighted by atomic mass is 32.2. The van der Waals surface area contributed by atoms with E-state index in [0.717, 1.165) is 23.1 Å². The summed E-state index contributed by atoms with van der Waals surface area (Å²) in [6, 6.07) is 8.14. The van der Waals surface area contributed by atoms with E-state index in [-0.39, 0.29) is 11.1 Å². The molecule has 0 aromatic heterocycles. The normalized spacial score (nSPS) is 16.8. The number of imide groups is 1. The summed E-state index contributed by atoms with van der Waals surface area (Å²) in [7, 11) is 1.61. The number of amides is 2. The van der Waals surface area contributed by atoms with Gasteiger partial charge in [-0.2, -0.15) is 0 Å². The SMILES string of the molecule is COc1ccc(/C=C2\SC(=O)N(CCN(C(C)C)C(C)C)C2=O)cc1. The van der Waals surface area contributed by atoms with Crippen molar-refractivity contribution in [1.29, 1.82) is 0 Å². The second-order valence-corrected chi connectivity index (χ2v) is 7.53. The summed E-state index contributed by atoms with van der Waals surface area (Å²) in [5.41, 5.74) is 0.872. The number of hydrogen-bond donors (Lipinski definition) is 0. The molecular formula is C19H26N2O3S. The van der Waals surface area contributed by atoms with Crippen molar-refractivity contribution in [2.45, 2.75) is 39.8 Å². The van der Waals surface area contributed by atoms with Gasteiger partial charge >= 0.3 is 0 Å². The Bertz CT molecular complexity index is 645. The lowest BCUT2D eigenvalue weighted by atomic mass is 10.2. The molecule has 25 heavy (non-hydrogen) atoms. The largest absolute Gasteiger partial charge is 0.497 e. The van der Waals surface area contributed by atoms with E-state index in [1.807, 2.05) is 24.3 Å². The van der Waals surface area contributed by atoms with E-state index in [1.165, 1.54) is 4.90 Å². The first-order chi connectivity index (χ1) is 11.8. The molecule has 0 bridgehead atoms. The van der Waals surface area contributed by atoms with Crippen LogP contribution in [0.3, 0.4) is 0 Å². The molecule has 1 aromatic rings. The first-order valence-corrected chi connectivity index (χ1v) is 9.30. The van der Waals surface area contributed by atoms with Gasteiger partial charge in [0.25, 0.3) is 11.1 Å². The predicted octanol–water partition coefficient (Wildman–Crippen LogP) is 3.85. The third-order valence-corrected chi connectivity index (χ3v) is 5.10. The molecule has 0 atom stereocenters. The minimum Gasteiger partial charge on any atom is -0.497 e. The monoisotopic (exact) mass is 362 g/mol. The number of thioether (sulfide) groups is 1. The van der Waals surface area contributed by atoms with E-state index >= 15 is 0 Å². The molecule has 1 heterocycles. The molecule has 1 saturated heterocycles. The number of nitrogens with zero attached hydrogens (tertiary/aromatic N) is 2. The Labute approximate surface area is 154 Å². The van der Waals surface area contributed by atoms with Crippen LogP contribution in [-0.2, 0) is 4.79 Å². The zero-order valence-corrected chi connectivity index (χ0v) is 16.3. The van der Waals surface area contributed by atoms with Crippen molar-refractivity contribution >= 4 is 29.0 Å². The maximum atomic E-state index is 12.6. The van der Waals surface area contributed by atoms with Gasteiger partial charge in [0.1, 0.15) is 5.75 Å². The quantitative estimate of drug-likeness (QED) is 0.690. The number of carbonyl (C=O) groups excluding carboxylic acids is 2. The lowest BCUT2D eigenvalue weighted by Crippen LogP contribution is -2.43. The van der Waals surface area contributed by atoms with Gasteiger partial charge in [-0.05, 0) is 63.2 Å². The highest BCUT2D eigenvalue weighted by molar-refractivity contribution is 8.18. The van der Waals surface area contributed by atoms with Crippen LogP contribution in [0.4, 0.5) is 4.79 Å². The van der Waals surface area contributed by atoms with Gasteiger partial charge in [0, 0.05) is 25.2 Å². The fourth-order valence-corrected chi connectivity index (χ4v) is 3.74. The summed E-state index contributed by atoms with van der Waals surface area (Å²) in [6.07, 6.45) is 1.76. The van der Waals surface area contributed by atoms with Crippen molar-refractivity contribution in [3.8, 4) is 5.75 Å². The highest BCUT2D eigenvalue weighted by Gasteiger charge is 2.35. The third kappa shape index (κ3) is 4.86. The highest BCUT2D eigenvalue weighted by Crippen LogP contribution is 2.32. The van der Waals surface area contributed by atoms with E-state index in [4.69, 9.17) is 4.74 Å². The summed E-state index contributed by atoms with van der Waals surface area (Å²) in [5.74, 6) is 0.547. The van der Waals surface area contributed by atoms with E-state index in [2.05, 4.69) is 32.6 Å². The van der Waals surface area contributed by atoms with Gasteiger partial charge in [0.15, 0.2) is 0 Å². The van der Waals surface area contributed by atoms with Gasteiger partial charge in [0.2, 0.25) is 0 Å². The molecule has 0 unspecified atom stereocenters. The average Bonchev–Trinajstić information content (AvgIpc) is 2.82. The van der Waals surface area contributed by atoms with Crippen LogP contribution in [0.15, 0.2) is 29.2 Å². The van der Waals surface area contributed by atoms with Gasteiger partial charge in [0.05, 0.1) is 12.0 Å². The van der Waals surface area contributed by atoms with Crippen molar-refractivity contribution < 1.29 is 14.3 Å². The number of benzene rings is 1. The Morgan fingerprint density at radius 2 is 1.72 bits per heavy atom. The van der Waals surface area contributed by atoms with E-state index in [0.29, 0.717) is 30.1 Å². The third-order valence-electron chi connectivity index (χ3n) is 4.20. The van der Waals surface area contributed by atoms with Gasteiger partial charge < -0.3 is 4.74 Å². The number of rotatable bonds is 7. The Hall–Kier alpha value is -1.79. The Kier molecular flexibility index (Phi) is 6.67. The smallest absolute Gasteiger partial charge is 0.293 e. The Balaban J connectivity index is 2.07. The van der Waals surface area contributed by atoms with Crippen molar-refractivity contribution in [2.24, 2.45) is 0 Å². The van der Waals surface area contributed by atoms with Crippen molar-refractivity contribution in [3.05, 3.63) is 34.7 Å². The summed E-state index contributed by atoms with van der Waals surface area (Å²) >= 11 is 1.00. The van der Waals surface area contributed by atoms with E-state index < -0.39 is 0 Å². The van der Waals surface area contributed by atoms with E-state index in [1.54, 1.807) is 13.2 Å². The van der Waals surface area contributed by atoms with Gasteiger partial charge in [-0.25, -0.2) is 0 Å². The van der Waals surface area contributed by atoms with Crippen LogP contribution in [0.1, 0.15) is 33.3 Å². The average molecular weight is 362 g/mol. The van der Waals surface area contributed by atoms with Crippen molar-refractivity contribution in [1.82, 2.24) is 9.80 Å². The number of hydrogen-bond acceptors (Lipinski definition) is 5. The van der Waals surface area contributed by atoms with Gasteiger partial charge in [-0.1, -0.05) is 12.1 Å². The van der Waals surface area contributed by atoms with Crippen LogP contribution < -0.4 is 4.74 Å². The lowest BCUT2D eigenvalue weighted by molar-refractivity contribution is -0.123. The molecule has 5 nitrogen and oxygen atoms in total. The molecule has 6 heteroatoms. The Morgan fingerprint density at radius 3 is 2.24 bits per heavy atom. The molecule has 2 amide bonds. The lowest BCUT2D eigenvalue weighted by Gasteiger charge is -2.31. The fraction of sp³-hybridized carbons (Fsp3) is 0.474. The summed E-state index contributed by atoms with van der Waals surface area (Å²) in [4.78, 5) is 28.9. The second kappa shape index (κ2) is 8.54. The maximum absolute atomic E-state index is 12.6. The minimum absolute atomic E-state index is 0.197. The van der Waals surface area contributed by atoms with Gasteiger partial charge in [-0.15, -0.1) is 0 Å². The van der Waals surface area contributed by atoms with Crippen LogP contribution in [-0.4, -0.2) is 53.2 Å². The van der Waals surface area contributed by atoms with Crippen molar-refractivity contribution in [3.63, 3.8) is 0 Å². The van der Waals surface area contributed by atoms with Crippen LogP contribution >= 0.6 is 11.8 Å². The van der Waals surface area contributed by atoms with Crippen LogP contribution in [0.5, 0.6) is 5.75 Å². The molecule has 136 valence electrons. The molecule has 0 spiro atoms. The molecule has 0 aliphatic carbocycles. The molecule has 1 aromatic carbocycles. The molecule has 1 aliphatic heterocycles. The topological polar surface area (TPSA) is 49.9 Å². The predicted molar refractivity (Wildman–Crippen MR) is 103 cm³/mol. The fourth-order valence-electron chi connectivity index (χ4n) is 2.87. The molecule has 0 N–H and O–H groups in total. The standard InChI is InChI=1S/C19H26N2O3S/c1-13(2)20(14(3)4)10-11-21-18(22)17(25-19(21)23)12-15-6-8-16(24-5)9-7-15/h6-9,12-14H,10-11H2,1-5H3/b17-12-. The van der Waals surface area contributed by atoms with E-state index in [9.17, 15) is 9.59 Å². The molecular weight excluding hydrogens is 336 g/mol. The number of ether oxygens (including phenoxy) is 1. The number of methoxy groups -OCH3 is 1. The zero-order chi connectivity index (χ0) is 18.6. The molecule has 1 aliphatic rings. The van der Waals surface area contributed by atoms with Crippen LogP contribution in [0.2, 0.25) is 0 Å². The summed E-state index contributed by atoms with van der Waals surface area (Å²) in [6.45, 7) is 9.59. The first-order valence-electron chi connectivity index (χ1n) is 8.48. The molecule has 1 fully saturated rings. The molecule has 0 saturated carbocycles. The van der Waals surface area contributed by atoms with Crippen molar-refractivity contribution in [2.75, 3.05) is 20.2 Å². The minimum atomic E-state index is -0.210. The van der Waals surface area contributed by atoms with Gasteiger partial charge in [-0.3, -0.25) is 19.4 Å². The van der Waals surface area contributed by atoms with Crippen LogP contribution in [0, 0.1) is 0 Å². The first kappa shape index (κ1) is 19.5. The van der Waals surface area contributed by atoms with Crippen LogP contribution in [0.25, 0.3) is 6.08 Å². The molecule has 0 radical (unpaired) electrons. The second-order valence-electron chi connectivity index (χ2n) is 6.53. The zero-order valence-electron chi connectivity index (χ0n) is 15.5. The molecule has 2 rings (SSSR count).